The second-order valence-corrected chi connectivity index (χ2v) is 8.72. The lowest BCUT2D eigenvalue weighted by Crippen LogP contribution is -2.36. The highest BCUT2D eigenvalue weighted by atomic mass is 19.4. The average Bonchev–Trinajstić information content (AvgIpc) is 3.42. The minimum atomic E-state index is -5.09. The van der Waals surface area contributed by atoms with Crippen molar-refractivity contribution in [3.05, 3.63) is 61.6 Å². The van der Waals surface area contributed by atoms with E-state index in [1.807, 2.05) is 0 Å². The maximum Gasteiger partial charge on any atom is 0.471 e. The number of hydrogen-bond donors (Lipinski definition) is 5. The highest BCUT2D eigenvalue weighted by Gasteiger charge is 2.38. The lowest BCUT2D eigenvalue weighted by Gasteiger charge is -2.14. The number of aromatic nitrogens is 3. The van der Waals surface area contributed by atoms with Crippen LogP contribution < -0.4 is 16.6 Å². The zero-order valence-electron chi connectivity index (χ0n) is 20.0. The molecule has 14 nitrogen and oxygen atoms in total. The van der Waals surface area contributed by atoms with E-state index in [1.165, 1.54) is 22.9 Å². The topological polar surface area (TPSA) is 208 Å². The summed E-state index contributed by atoms with van der Waals surface area (Å²) in [6.45, 7) is -1.51. The quantitative estimate of drug-likeness (QED) is 0.185. The minimum absolute atomic E-state index is 0.0706. The number of rotatable bonds is 9. The van der Waals surface area contributed by atoms with Gasteiger partial charge in [0.2, 0.25) is 5.95 Å². The van der Waals surface area contributed by atoms with Crippen molar-refractivity contribution in [2.24, 2.45) is 0 Å². The fraction of sp³-hybridized carbons (Fsp3) is 0.409. The van der Waals surface area contributed by atoms with Crippen LogP contribution in [-0.2, 0) is 34.0 Å². The van der Waals surface area contributed by atoms with Crippen LogP contribution in [0.4, 0.5) is 24.8 Å². The number of aliphatic hydroxyl groups excluding tert-OH is 2. The number of nitrogens with zero attached hydrogens (tertiary/aromatic N) is 3. The Morgan fingerprint density at radius 1 is 1.36 bits per heavy atom. The highest BCUT2D eigenvalue weighted by molar-refractivity contribution is 5.81. The van der Waals surface area contributed by atoms with E-state index < -0.39 is 59.8 Å². The second kappa shape index (κ2) is 11.0. The number of halogens is 3. The number of hydrogen-bond acceptors (Lipinski definition) is 10. The molecule has 1 aliphatic heterocycles. The molecule has 4 rings (SSSR count). The summed E-state index contributed by atoms with van der Waals surface area (Å²) in [5, 5.41) is 32.8. The summed E-state index contributed by atoms with van der Waals surface area (Å²) in [5.41, 5.74) is 5.31. The molecule has 17 heteroatoms. The van der Waals surface area contributed by atoms with Crippen molar-refractivity contribution in [1.29, 1.82) is 0 Å². The molecule has 0 bridgehead atoms. The van der Waals surface area contributed by atoms with Crippen LogP contribution in [0.3, 0.4) is 0 Å². The van der Waals surface area contributed by atoms with Crippen LogP contribution in [0.2, 0.25) is 0 Å². The summed E-state index contributed by atoms with van der Waals surface area (Å²) in [7, 11) is 0. The lowest BCUT2D eigenvalue weighted by atomic mass is 10.1. The van der Waals surface area contributed by atoms with Gasteiger partial charge >= 0.3 is 12.1 Å². The van der Waals surface area contributed by atoms with Gasteiger partial charge in [-0.1, -0.05) is 6.07 Å². The Kier molecular flexibility index (Phi) is 7.86. The number of carbonyl (C=O) groups excluding carboxylic acids is 1. The van der Waals surface area contributed by atoms with Crippen LogP contribution in [0, 0.1) is 10.1 Å². The number of fused-ring (bicyclic) bond motifs is 1. The first-order valence-electron chi connectivity index (χ1n) is 11.4. The van der Waals surface area contributed by atoms with Gasteiger partial charge in [0.25, 0.3) is 11.2 Å². The van der Waals surface area contributed by atoms with Crippen LogP contribution in [-0.4, -0.2) is 60.6 Å². The van der Waals surface area contributed by atoms with Crippen LogP contribution >= 0.6 is 0 Å². The van der Waals surface area contributed by atoms with Gasteiger partial charge in [-0.05, 0) is 11.6 Å². The Morgan fingerprint density at radius 3 is 2.72 bits per heavy atom. The molecule has 6 N–H and O–H groups in total. The van der Waals surface area contributed by atoms with E-state index in [4.69, 9.17) is 15.2 Å². The van der Waals surface area contributed by atoms with E-state index in [1.54, 1.807) is 5.32 Å². The SMILES string of the molecule is Nc1nc2c(c(COCc3ccc(CNC(=O)C(F)(F)F)cc3[N+](=O)[O-])cn2[C@H]2C[C@@H](O)[C@@H](CO)O2)c(=O)[nH]1. The first-order chi connectivity index (χ1) is 18.4. The molecule has 210 valence electrons. The van der Waals surface area contributed by atoms with Crippen LogP contribution in [0.1, 0.15) is 29.3 Å². The molecule has 0 radical (unpaired) electrons. The molecule has 1 aliphatic rings. The number of nitro groups is 1. The van der Waals surface area contributed by atoms with E-state index in [9.17, 15) is 43.1 Å². The number of nitrogens with two attached hydrogens (primary N) is 1. The molecule has 3 atom stereocenters. The predicted octanol–water partition coefficient (Wildman–Crippen LogP) is 0.751. The van der Waals surface area contributed by atoms with Gasteiger partial charge in [-0.3, -0.25) is 24.7 Å². The molecule has 0 aliphatic carbocycles. The molecule has 1 amide bonds. The van der Waals surface area contributed by atoms with Gasteiger partial charge in [0.1, 0.15) is 12.3 Å². The van der Waals surface area contributed by atoms with Crippen LogP contribution in [0.25, 0.3) is 11.0 Å². The summed E-state index contributed by atoms with van der Waals surface area (Å²) < 4.78 is 49.9. The number of nitrogen functional groups attached to an aromatic ring is 1. The van der Waals surface area contributed by atoms with Gasteiger partial charge in [0.15, 0.2) is 5.65 Å². The van der Waals surface area contributed by atoms with Gasteiger partial charge in [-0.2, -0.15) is 18.2 Å². The third kappa shape index (κ3) is 6.00. The van der Waals surface area contributed by atoms with Crippen molar-refractivity contribution in [2.45, 2.75) is 50.8 Å². The monoisotopic (exact) mass is 556 g/mol. The molecule has 0 saturated carbocycles. The fourth-order valence-corrected chi connectivity index (χ4v) is 4.19. The first kappa shape index (κ1) is 28.0. The third-order valence-corrected chi connectivity index (χ3v) is 6.05. The van der Waals surface area contributed by atoms with Crippen molar-refractivity contribution in [3.8, 4) is 0 Å². The number of anilines is 1. The molecule has 0 unspecified atom stereocenters. The van der Waals surface area contributed by atoms with Gasteiger partial charge in [-0.15, -0.1) is 0 Å². The van der Waals surface area contributed by atoms with Crippen LogP contribution in [0.15, 0.2) is 29.2 Å². The number of benzene rings is 1. The summed E-state index contributed by atoms with van der Waals surface area (Å²) in [4.78, 5) is 41.0. The van der Waals surface area contributed by atoms with E-state index in [-0.39, 0.29) is 47.7 Å². The van der Waals surface area contributed by atoms with Crippen molar-refractivity contribution in [3.63, 3.8) is 0 Å². The number of aliphatic hydroxyl groups is 2. The van der Waals surface area contributed by atoms with Gasteiger partial charge in [-0.25, -0.2) is 0 Å². The number of aromatic amines is 1. The normalized spacial score (nSPS) is 19.5. The molecular formula is C22H23F3N6O8. The molecule has 39 heavy (non-hydrogen) atoms. The maximum absolute atomic E-state index is 12.7. The lowest BCUT2D eigenvalue weighted by molar-refractivity contribution is -0.386. The number of carbonyl (C=O) groups is 1. The molecule has 1 saturated heterocycles. The molecule has 3 heterocycles. The van der Waals surface area contributed by atoms with E-state index in [2.05, 4.69) is 9.97 Å². The third-order valence-electron chi connectivity index (χ3n) is 6.05. The first-order valence-corrected chi connectivity index (χ1v) is 11.4. The zero-order valence-corrected chi connectivity index (χ0v) is 20.0. The molecule has 1 fully saturated rings. The molecule has 2 aromatic heterocycles. The summed E-state index contributed by atoms with van der Waals surface area (Å²) >= 11 is 0. The van der Waals surface area contributed by atoms with Crippen molar-refractivity contribution >= 4 is 28.6 Å². The van der Waals surface area contributed by atoms with E-state index in [0.29, 0.717) is 5.56 Å². The minimum Gasteiger partial charge on any atom is -0.394 e. The number of H-pyrrole nitrogens is 1. The summed E-state index contributed by atoms with van der Waals surface area (Å²) in [6, 6.07) is 3.62. The Bertz CT molecular complexity index is 1460. The zero-order chi connectivity index (χ0) is 28.5. The molecule has 1 aromatic carbocycles. The molecular weight excluding hydrogens is 533 g/mol. The average molecular weight is 556 g/mol. The number of ether oxygens (including phenoxy) is 2. The standard InChI is InChI=1S/C22H23F3N6O8/c23-22(24,25)20(35)27-5-10-1-2-11(13(3-10)31(36)37)8-38-9-12-6-30(16-4-14(33)15(7-32)39-16)18-17(12)19(34)29-21(26)28-18/h1-3,6,14-16,32-33H,4-5,7-9H2,(H,27,35)(H3,26,28,29,34)/t14-,15-,16-/m1/s1. The maximum atomic E-state index is 12.7. The van der Waals surface area contributed by atoms with Gasteiger partial charge in [0.05, 0.1) is 41.8 Å². The highest BCUT2D eigenvalue weighted by Crippen LogP contribution is 2.32. The number of alkyl halides is 3. The van der Waals surface area contributed by atoms with Gasteiger partial charge in [0, 0.05) is 30.8 Å². The molecule has 3 aromatic rings. The van der Waals surface area contributed by atoms with Crippen molar-refractivity contribution in [2.75, 3.05) is 12.3 Å². The number of amides is 1. The summed E-state index contributed by atoms with van der Waals surface area (Å²) in [6.07, 6.45) is -6.04. The Balaban J connectivity index is 1.53. The van der Waals surface area contributed by atoms with Crippen molar-refractivity contribution in [1.82, 2.24) is 19.9 Å². The van der Waals surface area contributed by atoms with E-state index >= 15 is 0 Å². The largest absolute Gasteiger partial charge is 0.471 e. The Morgan fingerprint density at radius 2 is 2.08 bits per heavy atom. The van der Waals surface area contributed by atoms with E-state index in [0.717, 1.165) is 6.07 Å². The van der Waals surface area contributed by atoms with Crippen LogP contribution in [0.5, 0.6) is 0 Å². The number of nitrogens with one attached hydrogen (secondary N) is 2. The Hall–Kier alpha value is -4.06. The van der Waals surface area contributed by atoms with Gasteiger partial charge < -0.3 is 35.3 Å². The smallest absolute Gasteiger partial charge is 0.394 e. The number of nitro benzene ring substituents is 1. The van der Waals surface area contributed by atoms with Crippen molar-refractivity contribution < 1.29 is 42.6 Å². The fourth-order valence-electron chi connectivity index (χ4n) is 4.19. The predicted molar refractivity (Wildman–Crippen MR) is 126 cm³/mol. The Labute approximate surface area is 216 Å². The molecule has 0 spiro atoms. The summed E-state index contributed by atoms with van der Waals surface area (Å²) in [5.74, 6) is -2.34. The second-order valence-electron chi connectivity index (χ2n) is 8.72.